The van der Waals surface area contributed by atoms with Gasteiger partial charge in [-0.1, -0.05) is 78.9 Å². The summed E-state index contributed by atoms with van der Waals surface area (Å²) in [4.78, 5) is 16.8. The highest BCUT2D eigenvalue weighted by atomic mass is 16.4. The van der Waals surface area contributed by atoms with Crippen LogP contribution in [0.4, 0.5) is 0 Å². The van der Waals surface area contributed by atoms with E-state index in [2.05, 4.69) is 0 Å². The molecule has 0 aliphatic carbocycles. The van der Waals surface area contributed by atoms with E-state index in [9.17, 15) is 9.90 Å². The van der Waals surface area contributed by atoms with Gasteiger partial charge in [0.15, 0.2) is 0 Å². The largest absolute Gasteiger partial charge is 0.545 e. The van der Waals surface area contributed by atoms with Crippen molar-refractivity contribution in [1.29, 1.82) is 0 Å². The Hall–Kier alpha value is -3.46. The summed E-state index contributed by atoms with van der Waals surface area (Å²) in [5, 5.41) is 12.6. The summed E-state index contributed by atoms with van der Waals surface area (Å²) in [7, 11) is 0. The number of hydrogen-bond donors (Lipinski definition) is 0. The molecule has 1 heterocycles. The Morgan fingerprint density at radius 1 is 0.720 bits per heavy atom. The highest BCUT2D eigenvalue weighted by Crippen LogP contribution is 2.37. The first-order chi connectivity index (χ1) is 12.3. The molecule has 4 aromatic rings. The van der Waals surface area contributed by atoms with Gasteiger partial charge in [-0.15, -0.1) is 0 Å². The molecule has 0 fully saturated rings. The first-order valence-electron chi connectivity index (χ1n) is 8.00. The van der Waals surface area contributed by atoms with E-state index >= 15 is 0 Å². The van der Waals surface area contributed by atoms with Crippen LogP contribution in [0.2, 0.25) is 0 Å². The predicted octanol–water partition coefficient (Wildman–Crippen LogP) is 3.93. The normalized spacial score (nSPS) is 10.7. The van der Waals surface area contributed by atoms with E-state index in [4.69, 9.17) is 4.98 Å². The van der Waals surface area contributed by atoms with Crippen LogP contribution in [0.1, 0.15) is 10.4 Å². The Morgan fingerprint density at radius 3 is 1.92 bits per heavy atom. The van der Waals surface area contributed by atoms with Gasteiger partial charge in [0, 0.05) is 22.1 Å². The highest BCUT2D eigenvalue weighted by molar-refractivity contribution is 6.10. The molecule has 0 unspecified atom stereocenters. The maximum Gasteiger partial charge on any atom is 0.0794 e. The number of carbonyl (C=O) groups excluding carboxylic acids is 1. The van der Waals surface area contributed by atoms with Crippen LogP contribution in [-0.4, -0.2) is 11.0 Å². The van der Waals surface area contributed by atoms with Crippen molar-refractivity contribution < 1.29 is 9.90 Å². The third-order valence-electron chi connectivity index (χ3n) is 4.21. The van der Waals surface area contributed by atoms with E-state index in [-0.39, 0.29) is 5.56 Å². The number of hydrogen-bond acceptors (Lipinski definition) is 3. The quantitative estimate of drug-likeness (QED) is 0.574. The lowest BCUT2D eigenvalue weighted by Crippen LogP contribution is -2.24. The summed E-state index contributed by atoms with van der Waals surface area (Å²) in [6.45, 7) is 0. The summed E-state index contributed by atoms with van der Waals surface area (Å²) < 4.78 is 0. The van der Waals surface area contributed by atoms with Gasteiger partial charge in [-0.05, 0) is 11.6 Å². The maximum atomic E-state index is 12.1. The number of para-hydroxylation sites is 1. The molecule has 1 aromatic heterocycles. The molecule has 0 amide bonds. The van der Waals surface area contributed by atoms with Gasteiger partial charge in [0.1, 0.15) is 0 Å². The third kappa shape index (κ3) is 2.66. The monoisotopic (exact) mass is 324 g/mol. The van der Waals surface area contributed by atoms with Gasteiger partial charge >= 0.3 is 0 Å². The van der Waals surface area contributed by atoms with Crippen LogP contribution in [0.3, 0.4) is 0 Å². The minimum atomic E-state index is -1.20. The van der Waals surface area contributed by atoms with Crippen LogP contribution in [0.15, 0.2) is 84.9 Å². The molecule has 0 bridgehead atoms. The molecular weight excluding hydrogens is 310 g/mol. The Labute approximate surface area is 145 Å². The molecule has 4 rings (SSSR count). The molecule has 3 heteroatoms. The van der Waals surface area contributed by atoms with Crippen molar-refractivity contribution in [3.63, 3.8) is 0 Å². The van der Waals surface area contributed by atoms with Gasteiger partial charge in [0.2, 0.25) is 0 Å². The highest BCUT2D eigenvalue weighted by Gasteiger charge is 2.18. The lowest BCUT2D eigenvalue weighted by atomic mass is 9.92. The number of aromatic nitrogens is 1. The number of pyridine rings is 1. The lowest BCUT2D eigenvalue weighted by Gasteiger charge is -2.18. The summed E-state index contributed by atoms with van der Waals surface area (Å²) >= 11 is 0. The maximum absolute atomic E-state index is 12.1. The summed E-state index contributed by atoms with van der Waals surface area (Å²) in [5.41, 5.74) is 3.72. The molecule has 0 saturated carbocycles. The third-order valence-corrected chi connectivity index (χ3v) is 4.21. The number of carboxylic acids is 1. The fourth-order valence-corrected chi connectivity index (χ4v) is 3.11. The van der Waals surface area contributed by atoms with Crippen molar-refractivity contribution in [2.45, 2.75) is 0 Å². The van der Waals surface area contributed by atoms with E-state index in [0.29, 0.717) is 22.2 Å². The molecular formula is C22H14NO2-. The van der Waals surface area contributed by atoms with Crippen LogP contribution in [-0.2, 0) is 0 Å². The molecule has 3 aromatic carbocycles. The molecule has 0 aliphatic heterocycles. The van der Waals surface area contributed by atoms with Gasteiger partial charge in [-0.2, -0.15) is 0 Å². The van der Waals surface area contributed by atoms with Gasteiger partial charge in [0.25, 0.3) is 0 Å². The van der Waals surface area contributed by atoms with Crippen molar-refractivity contribution >= 4 is 16.9 Å². The van der Waals surface area contributed by atoms with Crippen molar-refractivity contribution in [2.75, 3.05) is 0 Å². The van der Waals surface area contributed by atoms with Gasteiger partial charge < -0.3 is 9.90 Å². The number of fused-ring (bicyclic) bond motifs is 1. The summed E-state index contributed by atoms with van der Waals surface area (Å²) in [5.74, 6) is -1.20. The second-order valence-electron chi connectivity index (χ2n) is 5.75. The second kappa shape index (κ2) is 6.21. The summed E-state index contributed by atoms with van der Waals surface area (Å²) in [6, 6.07) is 26.3. The average molecular weight is 324 g/mol. The van der Waals surface area contributed by atoms with Crippen LogP contribution < -0.4 is 5.11 Å². The Kier molecular flexibility index (Phi) is 3.75. The number of rotatable bonds is 3. The zero-order chi connectivity index (χ0) is 17.2. The SMILES string of the molecule is O=C([O-])c1c(-c2ccccc2)c(-c2ccccc2)nc2ccccc12. The first kappa shape index (κ1) is 15.1. The van der Waals surface area contributed by atoms with Crippen LogP contribution in [0.5, 0.6) is 0 Å². The number of aromatic carboxylic acids is 1. The Morgan fingerprint density at radius 2 is 1.28 bits per heavy atom. The fourth-order valence-electron chi connectivity index (χ4n) is 3.11. The van der Waals surface area contributed by atoms with Crippen LogP contribution in [0.25, 0.3) is 33.3 Å². The fraction of sp³-hybridized carbons (Fsp3) is 0. The molecule has 0 atom stereocenters. The van der Waals surface area contributed by atoms with Crippen molar-refractivity contribution in [3.8, 4) is 22.4 Å². The molecule has 25 heavy (non-hydrogen) atoms. The standard InChI is InChI=1S/C22H15NO2/c24-22(25)20-17-13-7-8-14-18(17)23-21(16-11-5-2-6-12-16)19(20)15-9-3-1-4-10-15/h1-14H,(H,24,25)/p-1. The molecule has 0 N–H and O–H groups in total. The molecule has 120 valence electrons. The smallest absolute Gasteiger partial charge is 0.0794 e. The van der Waals surface area contributed by atoms with E-state index in [1.54, 1.807) is 6.07 Å². The minimum absolute atomic E-state index is 0.177. The zero-order valence-corrected chi connectivity index (χ0v) is 13.3. The molecule has 3 nitrogen and oxygen atoms in total. The first-order valence-corrected chi connectivity index (χ1v) is 8.00. The molecule has 0 aliphatic rings. The topological polar surface area (TPSA) is 53.0 Å². The van der Waals surface area contributed by atoms with Crippen molar-refractivity contribution in [3.05, 3.63) is 90.5 Å². The lowest BCUT2D eigenvalue weighted by molar-refractivity contribution is -0.254. The Balaban J connectivity index is 2.18. The molecule has 0 radical (unpaired) electrons. The van der Waals surface area contributed by atoms with Crippen molar-refractivity contribution in [2.24, 2.45) is 0 Å². The molecule has 0 spiro atoms. The van der Waals surface area contributed by atoms with Gasteiger partial charge in [0.05, 0.1) is 17.2 Å². The van der Waals surface area contributed by atoms with Crippen LogP contribution >= 0.6 is 0 Å². The van der Waals surface area contributed by atoms with Crippen molar-refractivity contribution in [1.82, 2.24) is 4.98 Å². The number of benzene rings is 3. The predicted molar refractivity (Wildman–Crippen MR) is 96.9 cm³/mol. The van der Waals surface area contributed by atoms with Gasteiger partial charge in [-0.25, -0.2) is 4.98 Å². The summed E-state index contributed by atoms with van der Waals surface area (Å²) in [6.07, 6.45) is 0. The molecule has 0 saturated heterocycles. The number of carboxylic acid groups (broad SMARTS) is 1. The Bertz CT molecular complexity index is 1060. The zero-order valence-electron chi connectivity index (χ0n) is 13.3. The second-order valence-corrected chi connectivity index (χ2v) is 5.75. The van der Waals surface area contributed by atoms with E-state index in [1.807, 2.05) is 78.9 Å². The number of nitrogens with zero attached hydrogens (tertiary/aromatic N) is 1. The van der Waals surface area contributed by atoms with E-state index in [0.717, 1.165) is 11.1 Å². The minimum Gasteiger partial charge on any atom is -0.545 e. The average Bonchev–Trinajstić information content (AvgIpc) is 2.67. The number of carbonyl (C=O) groups is 1. The van der Waals surface area contributed by atoms with E-state index in [1.165, 1.54) is 0 Å². The van der Waals surface area contributed by atoms with Crippen LogP contribution in [0, 0.1) is 0 Å². The van der Waals surface area contributed by atoms with E-state index < -0.39 is 5.97 Å². The van der Waals surface area contributed by atoms with Gasteiger partial charge in [-0.3, -0.25) is 0 Å².